The van der Waals surface area contributed by atoms with Crippen LogP contribution in [0.15, 0.2) is 136 Å². The molecule has 0 amide bonds. The molecule has 10 aromatic rings. The zero-order chi connectivity index (χ0) is 29.6. The molecular weight excluding hydrogens is 552 g/mol. The summed E-state index contributed by atoms with van der Waals surface area (Å²) in [7, 11) is 0. The van der Waals surface area contributed by atoms with Crippen LogP contribution in [-0.4, -0.2) is 9.97 Å². The average molecular weight is 577 g/mol. The maximum Gasteiger partial charge on any atom is 0.147 e. The molecule has 0 aliphatic heterocycles. The van der Waals surface area contributed by atoms with Crippen LogP contribution in [0.3, 0.4) is 0 Å². The second-order valence-electron chi connectivity index (χ2n) is 11.8. The predicted molar refractivity (Wildman–Crippen MR) is 185 cm³/mol. The SMILES string of the molecule is Cc1cc2c3ccccc3oc2c2c1oc1c(-c3cccc(-c4cnc5c6ccccc6c6ccccc6c5n4)c3)cccc12. The van der Waals surface area contributed by atoms with Gasteiger partial charge in [0.1, 0.15) is 22.3 Å². The molecule has 0 spiro atoms. The maximum atomic E-state index is 6.68. The van der Waals surface area contributed by atoms with E-state index in [0.717, 1.165) is 93.6 Å². The molecule has 4 nitrogen and oxygen atoms in total. The van der Waals surface area contributed by atoms with Crippen molar-refractivity contribution in [3.05, 3.63) is 133 Å². The number of nitrogens with zero attached hydrogens (tertiary/aromatic N) is 2. The largest absolute Gasteiger partial charge is 0.455 e. The highest BCUT2D eigenvalue weighted by Crippen LogP contribution is 2.43. The summed E-state index contributed by atoms with van der Waals surface area (Å²) in [6.45, 7) is 2.11. The summed E-state index contributed by atoms with van der Waals surface area (Å²) in [4.78, 5) is 10.2. The highest BCUT2D eigenvalue weighted by molar-refractivity contribution is 6.25. The average Bonchev–Trinajstić information content (AvgIpc) is 3.67. The van der Waals surface area contributed by atoms with Crippen molar-refractivity contribution in [2.75, 3.05) is 0 Å². The Morgan fingerprint density at radius 3 is 1.98 bits per heavy atom. The first-order chi connectivity index (χ1) is 22.2. The van der Waals surface area contributed by atoms with Gasteiger partial charge in [-0.2, -0.15) is 0 Å². The van der Waals surface area contributed by atoms with Crippen LogP contribution in [0, 0.1) is 6.92 Å². The van der Waals surface area contributed by atoms with Gasteiger partial charge in [-0.1, -0.05) is 103 Å². The summed E-state index contributed by atoms with van der Waals surface area (Å²) in [5.74, 6) is 0. The van der Waals surface area contributed by atoms with E-state index in [1.165, 1.54) is 10.8 Å². The minimum absolute atomic E-state index is 0.835. The zero-order valence-electron chi connectivity index (χ0n) is 24.3. The highest BCUT2D eigenvalue weighted by atomic mass is 16.3. The van der Waals surface area contributed by atoms with Gasteiger partial charge in [-0.3, -0.25) is 4.98 Å². The number of aromatic nitrogens is 2. The van der Waals surface area contributed by atoms with Crippen LogP contribution in [0.4, 0.5) is 0 Å². The third kappa shape index (κ3) is 3.42. The smallest absolute Gasteiger partial charge is 0.147 e. The first-order valence-electron chi connectivity index (χ1n) is 15.2. The van der Waals surface area contributed by atoms with Gasteiger partial charge >= 0.3 is 0 Å². The van der Waals surface area contributed by atoms with Crippen molar-refractivity contribution < 1.29 is 8.83 Å². The van der Waals surface area contributed by atoms with Gasteiger partial charge < -0.3 is 8.83 Å². The van der Waals surface area contributed by atoms with E-state index >= 15 is 0 Å². The van der Waals surface area contributed by atoms with Gasteiger partial charge in [0.05, 0.1) is 28.3 Å². The van der Waals surface area contributed by atoms with E-state index in [0.29, 0.717) is 0 Å². The standard InChI is InChI=1S/C41H24N2O2/c1-23-20-33-29-14-6-7-19-35(29)44-41(33)36-32-18-9-17-26(40(32)45-39(23)36)24-10-8-11-25(21-24)34-22-42-37-30-15-4-2-12-27(30)28-13-3-5-16-31(28)38(37)43-34/h2-22H,1H3. The molecule has 0 radical (unpaired) electrons. The molecule has 0 aliphatic rings. The Morgan fingerprint density at radius 2 is 1.16 bits per heavy atom. The lowest BCUT2D eigenvalue weighted by molar-refractivity contribution is 0.661. The molecule has 4 heteroatoms. The molecule has 10 rings (SSSR count). The van der Waals surface area contributed by atoms with Crippen LogP contribution >= 0.6 is 0 Å². The van der Waals surface area contributed by atoms with Crippen molar-refractivity contribution in [2.24, 2.45) is 0 Å². The minimum Gasteiger partial charge on any atom is -0.455 e. The van der Waals surface area contributed by atoms with Crippen molar-refractivity contribution in [2.45, 2.75) is 6.92 Å². The molecule has 0 atom stereocenters. The Morgan fingerprint density at radius 1 is 0.489 bits per heavy atom. The Balaban J connectivity index is 1.18. The van der Waals surface area contributed by atoms with E-state index in [1.807, 2.05) is 18.3 Å². The van der Waals surface area contributed by atoms with Crippen LogP contribution in [0.25, 0.3) is 98.8 Å². The lowest BCUT2D eigenvalue weighted by Crippen LogP contribution is -1.92. The number of hydrogen-bond acceptors (Lipinski definition) is 4. The zero-order valence-corrected chi connectivity index (χ0v) is 24.3. The fourth-order valence-corrected chi connectivity index (χ4v) is 7.13. The number of hydrogen-bond donors (Lipinski definition) is 0. The molecule has 7 aromatic carbocycles. The predicted octanol–water partition coefficient (Wildman–Crippen LogP) is 11.4. The van der Waals surface area contributed by atoms with Crippen molar-refractivity contribution in [1.29, 1.82) is 0 Å². The summed E-state index contributed by atoms with van der Waals surface area (Å²) in [5.41, 5.74) is 10.3. The van der Waals surface area contributed by atoms with Gasteiger partial charge in [0.15, 0.2) is 0 Å². The molecule has 210 valence electrons. The fourth-order valence-electron chi connectivity index (χ4n) is 7.13. The first-order valence-corrected chi connectivity index (χ1v) is 15.2. The topological polar surface area (TPSA) is 52.1 Å². The lowest BCUT2D eigenvalue weighted by atomic mass is 9.98. The molecule has 0 unspecified atom stereocenters. The van der Waals surface area contributed by atoms with E-state index in [2.05, 4.69) is 116 Å². The van der Waals surface area contributed by atoms with Gasteiger partial charge in [0.2, 0.25) is 0 Å². The number of furan rings is 2. The van der Waals surface area contributed by atoms with Crippen LogP contribution in [0.1, 0.15) is 5.56 Å². The van der Waals surface area contributed by atoms with Gasteiger partial charge in [0.25, 0.3) is 0 Å². The van der Waals surface area contributed by atoms with E-state index in [4.69, 9.17) is 18.8 Å². The molecule has 0 fully saturated rings. The molecule has 45 heavy (non-hydrogen) atoms. The van der Waals surface area contributed by atoms with Crippen molar-refractivity contribution in [3.63, 3.8) is 0 Å². The molecule has 3 aromatic heterocycles. The number of rotatable bonds is 2. The number of aryl methyl sites for hydroxylation is 1. The molecule has 0 aliphatic carbocycles. The number of benzene rings is 7. The molecular formula is C41H24N2O2. The quantitative estimate of drug-likeness (QED) is 0.192. The highest BCUT2D eigenvalue weighted by Gasteiger charge is 2.20. The summed E-state index contributed by atoms with van der Waals surface area (Å²) < 4.78 is 13.1. The van der Waals surface area contributed by atoms with E-state index in [1.54, 1.807) is 0 Å². The van der Waals surface area contributed by atoms with Crippen LogP contribution in [-0.2, 0) is 0 Å². The second kappa shape index (κ2) is 9.01. The van der Waals surface area contributed by atoms with Crippen LogP contribution in [0.2, 0.25) is 0 Å². The summed E-state index contributed by atoms with van der Waals surface area (Å²) in [6, 6.07) is 42.1. The van der Waals surface area contributed by atoms with Gasteiger partial charge in [0, 0.05) is 38.1 Å². The summed E-state index contributed by atoms with van der Waals surface area (Å²) in [5, 5.41) is 8.90. The normalized spacial score (nSPS) is 12.1. The second-order valence-corrected chi connectivity index (χ2v) is 11.8. The number of para-hydroxylation sites is 2. The fraction of sp³-hybridized carbons (Fsp3) is 0.0244. The van der Waals surface area contributed by atoms with Crippen LogP contribution < -0.4 is 0 Å². The van der Waals surface area contributed by atoms with Crippen LogP contribution in [0.5, 0.6) is 0 Å². The first kappa shape index (κ1) is 24.4. The summed E-state index contributed by atoms with van der Waals surface area (Å²) in [6.07, 6.45) is 1.89. The third-order valence-corrected chi connectivity index (χ3v) is 9.19. The van der Waals surface area contributed by atoms with E-state index in [9.17, 15) is 0 Å². The molecule has 0 bridgehead atoms. The molecule has 0 N–H and O–H groups in total. The van der Waals surface area contributed by atoms with Crippen molar-refractivity contribution in [3.8, 4) is 22.4 Å². The monoisotopic (exact) mass is 576 g/mol. The lowest BCUT2D eigenvalue weighted by Gasteiger charge is -2.11. The summed E-state index contributed by atoms with van der Waals surface area (Å²) >= 11 is 0. The van der Waals surface area contributed by atoms with E-state index in [-0.39, 0.29) is 0 Å². The Bertz CT molecular complexity index is 2800. The minimum atomic E-state index is 0.835. The maximum absolute atomic E-state index is 6.68. The Labute approximate surface area is 257 Å². The van der Waals surface area contributed by atoms with E-state index < -0.39 is 0 Å². The van der Waals surface area contributed by atoms with Crippen molar-refractivity contribution >= 4 is 76.5 Å². The van der Waals surface area contributed by atoms with Gasteiger partial charge in [-0.25, -0.2) is 4.98 Å². The third-order valence-electron chi connectivity index (χ3n) is 9.19. The van der Waals surface area contributed by atoms with Gasteiger partial charge in [-0.05, 0) is 47.0 Å². The molecule has 0 saturated heterocycles. The Kier molecular flexibility index (Phi) is 4.89. The molecule has 0 saturated carbocycles. The Hall–Kier alpha value is -6.00. The van der Waals surface area contributed by atoms with Gasteiger partial charge in [-0.15, -0.1) is 0 Å². The van der Waals surface area contributed by atoms with Crippen molar-refractivity contribution in [1.82, 2.24) is 9.97 Å². The molecule has 3 heterocycles. The number of fused-ring (bicyclic) bond motifs is 13.